The number of aryl methyl sites for hydroxylation is 1. The van der Waals surface area contributed by atoms with Gasteiger partial charge in [0, 0.05) is 19.0 Å². The highest BCUT2D eigenvalue weighted by Crippen LogP contribution is 2.36. The number of carbonyl (C=O) groups is 1. The van der Waals surface area contributed by atoms with Crippen molar-refractivity contribution in [3.63, 3.8) is 0 Å². The third-order valence-electron chi connectivity index (χ3n) is 4.20. The first-order chi connectivity index (χ1) is 12.1. The van der Waals surface area contributed by atoms with Crippen molar-refractivity contribution in [2.75, 3.05) is 13.2 Å². The summed E-state index contributed by atoms with van der Waals surface area (Å²) in [6.45, 7) is 1.61. The smallest absolute Gasteiger partial charge is 0.286 e. The lowest BCUT2D eigenvalue weighted by Crippen LogP contribution is -2.26. The Hall–Kier alpha value is -3.17. The van der Waals surface area contributed by atoms with Crippen LogP contribution in [0.15, 0.2) is 12.1 Å². The lowest BCUT2D eigenvalue weighted by Gasteiger charge is -2.18. The van der Waals surface area contributed by atoms with Crippen molar-refractivity contribution < 1.29 is 19.2 Å². The van der Waals surface area contributed by atoms with Gasteiger partial charge in [-0.1, -0.05) is 0 Å². The molecule has 2 aliphatic rings. The number of hydrogen-bond donors (Lipinski definition) is 1. The Morgan fingerprint density at radius 3 is 2.80 bits per heavy atom. The van der Waals surface area contributed by atoms with Gasteiger partial charge < -0.3 is 19.4 Å². The van der Waals surface area contributed by atoms with Gasteiger partial charge in [0.25, 0.3) is 11.6 Å². The van der Waals surface area contributed by atoms with Gasteiger partial charge in [-0.05, 0) is 6.42 Å². The third kappa shape index (κ3) is 2.75. The number of rotatable bonds is 4. The third-order valence-corrected chi connectivity index (χ3v) is 4.20. The molecule has 0 saturated heterocycles. The minimum Gasteiger partial charge on any atom is -0.486 e. The van der Waals surface area contributed by atoms with Crippen molar-refractivity contribution in [2.45, 2.75) is 25.9 Å². The van der Waals surface area contributed by atoms with Crippen LogP contribution in [0, 0.1) is 10.1 Å². The molecule has 2 aromatic rings. The van der Waals surface area contributed by atoms with Crippen LogP contribution in [-0.4, -0.2) is 38.8 Å². The molecule has 0 fully saturated rings. The largest absolute Gasteiger partial charge is 0.486 e. The number of aromatic nitrogens is 3. The summed E-state index contributed by atoms with van der Waals surface area (Å²) in [4.78, 5) is 23.2. The Bertz CT molecular complexity index is 862. The van der Waals surface area contributed by atoms with Gasteiger partial charge in [0.2, 0.25) is 0 Å². The van der Waals surface area contributed by atoms with E-state index in [-0.39, 0.29) is 23.5 Å². The summed E-state index contributed by atoms with van der Waals surface area (Å²) < 4.78 is 12.7. The molecule has 1 amide bonds. The second-order valence-corrected chi connectivity index (χ2v) is 5.74. The first-order valence-electron chi connectivity index (χ1n) is 7.90. The van der Waals surface area contributed by atoms with Crippen LogP contribution in [0.5, 0.6) is 11.5 Å². The summed E-state index contributed by atoms with van der Waals surface area (Å²) in [5, 5.41) is 22.1. The van der Waals surface area contributed by atoms with E-state index < -0.39 is 10.8 Å². The molecule has 25 heavy (non-hydrogen) atoms. The quantitative estimate of drug-likeness (QED) is 0.643. The Labute approximate surface area is 141 Å². The Morgan fingerprint density at radius 1 is 1.28 bits per heavy atom. The van der Waals surface area contributed by atoms with Crippen LogP contribution >= 0.6 is 0 Å². The van der Waals surface area contributed by atoms with E-state index in [1.54, 1.807) is 0 Å². The average Bonchev–Trinajstić information content (AvgIpc) is 3.22. The minimum atomic E-state index is -0.609. The second kappa shape index (κ2) is 6.04. The molecule has 130 valence electrons. The zero-order chi connectivity index (χ0) is 17.4. The van der Waals surface area contributed by atoms with Crippen LogP contribution in [0.25, 0.3) is 0 Å². The van der Waals surface area contributed by atoms with Crippen molar-refractivity contribution in [2.24, 2.45) is 0 Å². The van der Waals surface area contributed by atoms with Gasteiger partial charge >= 0.3 is 0 Å². The van der Waals surface area contributed by atoms with Crippen molar-refractivity contribution in [3.8, 4) is 11.5 Å². The molecule has 4 rings (SSSR count). The van der Waals surface area contributed by atoms with Crippen molar-refractivity contribution >= 4 is 11.6 Å². The van der Waals surface area contributed by atoms with E-state index in [9.17, 15) is 14.9 Å². The number of amides is 1. The molecule has 0 saturated carbocycles. The summed E-state index contributed by atoms with van der Waals surface area (Å²) in [6.07, 6.45) is 1.87. The van der Waals surface area contributed by atoms with Gasteiger partial charge in [0.15, 0.2) is 17.3 Å². The summed E-state index contributed by atoms with van der Waals surface area (Å²) in [5.41, 5.74) is -0.399. The molecule has 1 N–H and O–H groups in total. The normalized spacial score (nSPS) is 14.9. The molecule has 1 aromatic heterocycles. The van der Waals surface area contributed by atoms with E-state index in [4.69, 9.17) is 9.47 Å². The molecule has 0 atom stereocenters. The number of ether oxygens (including phenoxy) is 2. The number of benzene rings is 1. The van der Waals surface area contributed by atoms with Crippen LogP contribution in [0.2, 0.25) is 0 Å². The standard InChI is InChI=1S/C15H15N5O5/c21-15(16-8-14-18-17-13-2-1-3-19(13)14)9-6-11-12(25-5-4-24-11)7-10(9)20(22)23/h6-7H,1-5,8H2,(H,16,21). The maximum Gasteiger partial charge on any atom is 0.286 e. The highest BCUT2D eigenvalue weighted by atomic mass is 16.6. The maximum atomic E-state index is 12.5. The van der Waals surface area contributed by atoms with E-state index in [1.807, 2.05) is 4.57 Å². The van der Waals surface area contributed by atoms with Crippen LogP contribution in [-0.2, 0) is 19.5 Å². The number of nitro groups is 1. The SMILES string of the molecule is O=C(NCc1nnc2n1CCC2)c1cc2c(cc1[N+](=O)[O-])OCCO2. The average molecular weight is 345 g/mol. The Kier molecular flexibility index (Phi) is 3.71. The number of hydrogen-bond acceptors (Lipinski definition) is 7. The van der Waals surface area contributed by atoms with E-state index in [0.29, 0.717) is 24.8 Å². The molecule has 0 bridgehead atoms. The van der Waals surface area contributed by atoms with Crippen molar-refractivity contribution in [1.82, 2.24) is 20.1 Å². The van der Waals surface area contributed by atoms with Gasteiger partial charge in [-0.2, -0.15) is 0 Å². The number of carbonyl (C=O) groups excluding carboxylic acids is 1. The maximum absolute atomic E-state index is 12.5. The summed E-state index contributed by atoms with van der Waals surface area (Å²) in [6, 6.07) is 2.56. The molecular formula is C15H15N5O5. The van der Waals surface area contributed by atoms with Gasteiger partial charge in [-0.25, -0.2) is 0 Å². The lowest BCUT2D eigenvalue weighted by molar-refractivity contribution is -0.385. The molecule has 10 heteroatoms. The number of nitrogens with one attached hydrogen (secondary N) is 1. The van der Waals surface area contributed by atoms with Crippen molar-refractivity contribution in [1.29, 1.82) is 0 Å². The fourth-order valence-electron chi connectivity index (χ4n) is 3.01. The summed E-state index contributed by atoms with van der Waals surface area (Å²) >= 11 is 0. The Balaban J connectivity index is 1.57. The molecular weight excluding hydrogens is 330 g/mol. The molecule has 1 aromatic carbocycles. The highest BCUT2D eigenvalue weighted by molar-refractivity contribution is 5.99. The van der Waals surface area contributed by atoms with Crippen LogP contribution in [0.1, 0.15) is 28.4 Å². The zero-order valence-electron chi connectivity index (χ0n) is 13.2. The molecule has 10 nitrogen and oxygen atoms in total. The fraction of sp³-hybridized carbons (Fsp3) is 0.400. The number of fused-ring (bicyclic) bond motifs is 2. The predicted octanol–water partition coefficient (Wildman–Crippen LogP) is 0.834. The molecule has 0 aliphatic carbocycles. The van der Waals surface area contributed by atoms with Crippen molar-refractivity contribution in [3.05, 3.63) is 39.5 Å². The molecule has 0 radical (unpaired) electrons. The molecule has 3 heterocycles. The zero-order valence-corrected chi connectivity index (χ0v) is 13.2. The van der Waals surface area contributed by atoms with E-state index in [1.165, 1.54) is 12.1 Å². The first kappa shape index (κ1) is 15.4. The summed E-state index contributed by atoms with van der Waals surface area (Å²) in [5.74, 6) is 1.56. The van der Waals surface area contributed by atoms with E-state index in [0.717, 1.165) is 25.2 Å². The van der Waals surface area contributed by atoms with E-state index in [2.05, 4.69) is 15.5 Å². The van der Waals surface area contributed by atoms with Crippen LogP contribution in [0.3, 0.4) is 0 Å². The summed E-state index contributed by atoms with van der Waals surface area (Å²) in [7, 11) is 0. The molecule has 0 unspecified atom stereocenters. The topological polar surface area (TPSA) is 121 Å². The molecule has 2 aliphatic heterocycles. The molecule has 0 spiro atoms. The Morgan fingerprint density at radius 2 is 2.04 bits per heavy atom. The van der Waals surface area contributed by atoms with Gasteiger partial charge in [-0.15, -0.1) is 10.2 Å². The van der Waals surface area contributed by atoms with Crippen LogP contribution < -0.4 is 14.8 Å². The minimum absolute atomic E-state index is 0.0737. The first-order valence-corrected chi connectivity index (χ1v) is 7.90. The van der Waals surface area contributed by atoms with E-state index >= 15 is 0 Å². The van der Waals surface area contributed by atoms with Gasteiger partial charge in [0.05, 0.1) is 17.5 Å². The van der Waals surface area contributed by atoms with Crippen LogP contribution in [0.4, 0.5) is 5.69 Å². The van der Waals surface area contributed by atoms with Gasteiger partial charge in [-0.3, -0.25) is 14.9 Å². The van der Waals surface area contributed by atoms with Gasteiger partial charge in [0.1, 0.15) is 24.6 Å². The second-order valence-electron chi connectivity index (χ2n) is 5.74. The number of nitrogens with zero attached hydrogens (tertiary/aromatic N) is 4. The predicted molar refractivity (Wildman–Crippen MR) is 83.6 cm³/mol. The fourth-order valence-corrected chi connectivity index (χ4v) is 3.01. The lowest BCUT2D eigenvalue weighted by atomic mass is 10.1. The monoisotopic (exact) mass is 345 g/mol. The highest BCUT2D eigenvalue weighted by Gasteiger charge is 2.27. The number of nitro benzene ring substituents is 1.